The number of fused-ring (bicyclic) bond motifs is 1. The van der Waals surface area contributed by atoms with E-state index in [2.05, 4.69) is 4.72 Å². The normalized spacial score (nSPS) is 13.5. The van der Waals surface area contributed by atoms with E-state index in [1.165, 1.54) is 12.1 Å². The Morgan fingerprint density at radius 2 is 1.42 bits per heavy atom. The smallest absolute Gasteiger partial charge is 0.241 e. The van der Waals surface area contributed by atoms with Crippen molar-refractivity contribution in [3.63, 3.8) is 0 Å². The van der Waals surface area contributed by atoms with Gasteiger partial charge in [-0.2, -0.15) is 0 Å². The molecule has 4 rings (SSSR count). The Morgan fingerprint density at radius 3 is 2.16 bits per heavy atom. The molecule has 0 saturated carbocycles. The number of benzene rings is 3. The van der Waals surface area contributed by atoms with E-state index in [1.54, 1.807) is 6.07 Å². The number of ether oxygens (including phenoxy) is 3. The third-order valence-electron chi connectivity index (χ3n) is 4.90. The average Bonchev–Trinajstić information content (AvgIpc) is 3.04. The number of hydrogen-bond acceptors (Lipinski definition) is 5. The van der Waals surface area contributed by atoms with Gasteiger partial charge in [0.1, 0.15) is 0 Å². The lowest BCUT2D eigenvalue weighted by Gasteiger charge is -2.11. The highest BCUT2D eigenvalue weighted by Gasteiger charge is 2.18. The zero-order chi connectivity index (χ0) is 21.5. The lowest BCUT2D eigenvalue weighted by Crippen LogP contribution is -2.23. The standard InChI is InChI=1S/C24H25NO5S/c26-31(27,22-11-12-23-24(15-22)30-14-4-13-29-23)25-16-19-7-9-21(10-8-19)18-28-17-20-5-2-1-3-6-20/h1-3,5-12,15,25H,4,13-14,16-18H2. The van der Waals surface area contributed by atoms with Crippen LogP contribution in [-0.4, -0.2) is 21.6 Å². The second-order valence-electron chi connectivity index (χ2n) is 7.28. The summed E-state index contributed by atoms with van der Waals surface area (Å²) in [5, 5.41) is 0. The molecule has 0 amide bonds. The highest BCUT2D eigenvalue weighted by molar-refractivity contribution is 7.89. The largest absolute Gasteiger partial charge is 0.490 e. The number of rotatable bonds is 8. The molecular weight excluding hydrogens is 414 g/mol. The molecule has 3 aromatic carbocycles. The molecule has 6 nitrogen and oxygen atoms in total. The highest BCUT2D eigenvalue weighted by atomic mass is 32.2. The van der Waals surface area contributed by atoms with Gasteiger partial charge in [0.05, 0.1) is 31.3 Å². The summed E-state index contributed by atoms with van der Waals surface area (Å²) < 4.78 is 44.9. The molecule has 0 saturated heterocycles. The van der Waals surface area contributed by atoms with Crippen LogP contribution in [-0.2, 0) is 34.5 Å². The molecule has 1 aliphatic heterocycles. The van der Waals surface area contributed by atoms with Gasteiger partial charge >= 0.3 is 0 Å². The van der Waals surface area contributed by atoms with Crippen LogP contribution < -0.4 is 14.2 Å². The highest BCUT2D eigenvalue weighted by Crippen LogP contribution is 2.31. The molecule has 0 aliphatic carbocycles. The van der Waals surface area contributed by atoms with Gasteiger partial charge in [-0.3, -0.25) is 0 Å². The van der Waals surface area contributed by atoms with E-state index in [9.17, 15) is 8.42 Å². The summed E-state index contributed by atoms with van der Waals surface area (Å²) in [6, 6.07) is 22.4. The molecule has 0 spiro atoms. The topological polar surface area (TPSA) is 73.9 Å². The fraction of sp³-hybridized carbons (Fsp3) is 0.250. The summed E-state index contributed by atoms with van der Waals surface area (Å²) in [5.74, 6) is 1.03. The molecule has 3 aromatic rings. The quantitative estimate of drug-likeness (QED) is 0.573. The van der Waals surface area contributed by atoms with Crippen molar-refractivity contribution < 1.29 is 22.6 Å². The SMILES string of the molecule is O=S(=O)(NCc1ccc(COCc2ccccc2)cc1)c1ccc2c(c1)OCCCO2. The summed E-state index contributed by atoms with van der Waals surface area (Å²) in [4.78, 5) is 0.155. The van der Waals surface area contributed by atoms with Gasteiger partial charge in [0.15, 0.2) is 11.5 Å². The molecule has 7 heteroatoms. The fourth-order valence-electron chi connectivity index (χ4n) is 3.19. The number of sulfonamides is 1. The first kappa shape index (κ1) is 21.4. The summed E-state index contributed by atoms with van der Waals surface area (Å²) in [6.45, 7) is 2.31. The molecular formula is C24H25NO5S. The molecule has 31 heavy (non-hydrogen) atoms. The van der Waals surface area contributed by atoms with Crippen molar-refractivity contribution in [3.05, 3.63) is 89.5 Å². The Morgan fingerprint density at radius 1 is 0.774 bits per heavy atom. The monoisotopic (exact) mass is 439 g/mol. The first-order valence-corrected chi connectivity index (χ1v) is 11.7. The van der Waals surface area contributed by atoms with E-state index in [0.717, 1.165) is 23.1 Å². The maximum Gasteiger partial charge on any atom is 0.241 e. The van der Waals surface area contributed by atoms with Crippen LogP contribution in [0.25, 0.3) is 0 Å². The molecule has 1 heterocycles. The van der Waals surface area contributed by atoms with Crippen LogP contribution in [0.5, 0.6) is 11.5 Å². The van der Waals surface area contributed by atoms with Crippen molar-refractivity contribution in [1.29, 1.82) is 0 Å². The predicted octanol–water partition coefficient (Wildman–Crippen LogP) is 4.04. The summed E-state index contributed by atoms with van der Waals surface area (Å²) >= 11 is 0. The van der Waals surface area contributed by atoms with Crippen molar-refractivity contribution in [2.45, 2.75) is 31.1 Å². The Kier molecular flexibility index (Phi) is 6.86. The van der Waals surface area contributed by atoms with E-state index in [4.69, 9.17) is 14.2 Å². The Bertz CT molecular complexity index is 1100. The first-order valence-electron chi connectivity index (χ1n) is 10.2. The van der Waals surface area contributed by atoms with E-state index in [1.807, 2.05) is 54.6 Å². The average molecular weight is 440 g/mol. The molecule has 1 N–H and O–H groups in total. The summed E-state index contributed by atoms with van der Waals surface area (Å²) in [5.41, 5.74) is 3.03. The molecule has 162 valence electrons. The third kappa shape index (κ3) is 5.85. The van der Waals surface area contributed by atoms with Gasteiger partial charge in [-0.1, -0.05) is 54.6 Å². The molecule has 0 bridgehead atoms. The van der Waals surface area contributed by atoms with Crippen molar-refractivity contribution in [1.82, 2.24) is 4.72 Å². The maximum absolute atomic E-state index is 12.7. The fourth-order valence-corrected chi connectivity index (χ4v) is 4.22. The van der Waals surface area contributed by atoms with Gasteiger partial charge < -0.3 is 14.2 Å². The minimum Gasteiger partial charge on any atom is -0.490 e. The molecule has 0 atom stereocenters. The predicted molar refractivity (Wildman–Crippen MR) is 117 cm³/mol. The lowest BCUT2D eigenvalue weighted by molar-refractivity contribution is 0.107. The van der Waals surface area contributed by atoms with Crippen molar-refractivity contribution in [2.24, 2.45) is 0 Å². The van der Waals surface area contributed by atoms with Crippen molar-refractivity contribution in [3.8, 4) is 11.5 Å². The second kappa shape index (κ2) is 9.96. The Labute approximate surface area is 182 Å². The van der Waals surface area contributed by atoms with Crippen molar-refractivity contribution in [2.75, 3.05) is 13.2 Å². The molecule has 0 fully saturated rings. The molecule has 0 unspecified atom stereocenters. The van der Waals surface area contributed by atoms with Crippen LogP contribution in [0.15, 0.2) is 77.7 Å². The number of nitrogens with one attached hydrogen (secondary N) is 1. The van der Waals surface area contributed by atoms with Crippen LogP contribution in [0, 0.1) is 0 Å². The summed E-state index contributed by atoms with van der Waals surface area (Å²) in [6.07, 6.45) is 0.766. The van der Waals surface area contributed by atoms with Gasteiger partial charge in [0.2, 0.25) is 10.0 Å². The first-order chi connectivity index (χ1) is 15.1. The van der Waals surface area contributed by atoms with Gasteiger partial charge in [0.25, 0.3) is 0 Å². The van der Waals surface area contributed by atoms with E-state index in [-0.39, 0.29) is 11.4 Å². The Hall–Kier alpha value is -2.87. The van der Waals surface area contributed by atoms with Crippen LogP contribution >= 0.6 is 0 Å². The summed E-state index contributed by atoms with van der Waals surface area (Å²) in [7, 11) is -3.67. The molecule has 0 aromatic heterocycles. The zero-order valence-electron chi connectivity index (χ0n) is 17.1. The third-order valence-corrected chi connectivity index (χ3v) is 6.30. The lowest BCUT2D eigenvalue weighted by atomic mass is 10.1. The number of hydrogen-bond donors (Lipinski definition) is 1. The second-order valence-corrected chi connectivity index (χ2v) is 9.05. The Balaban J connectivity index is 1.31. The van der Waals surface area contributed by atoms with Crippen LogP contribution in [0.1, 0.15) is 23.1 Å². The van der Waals surface area contributed by atoms with E-state index >= 15 is 0 Å². The van der Waals surface area contributed by atoms with Crippen molar-refractivity contribution >= 4 is 10.0 Å². The van der Waals surface area contributed by atoms with Gasteiger partial charge in [-0.25, -0.2) is 13.1 Å². The van der Waals surface area contributed by atoms with Gasteiger partial charge in [0, 0.05) is 19.0 Å². The zero-order valence-corrected chi connectivity index (χ0v) is 17.9. The molecule has 0 radical (unpaired) electrons. The van der Waals surface area contributed by atoms with E-state index < -0.39 is 10.0 Å². The molecule has 1 aliphatic rings. The minimum absolute atomic E-state index is 0.155. The van der Waals surface area contributed by atoms with Crippen LogP contribution in [0.3, 0.4) is 0 Å². The van der Waals surface area contributed by atoms with Crippen LogP contribution in [0.4, 0.5) is 0 Å². The van der Waals surface area contributed by atoms with Gasteiger partial charge in [-0.05, 0) is 28.8 Å². The van der Waals surface area contributed by atoms with Gasteiger partial charge in [-0.15, -0.1) is 0 Å². The minimum atomic E-state index is -3.67. The maximum atomic E-state index is 12.7. The van der Waals surface area contributed by atoms with E-state index in [0.29, 0.717) is 37.9 Å². The van der Waals surface area contributed by atoms with Crippen LogP contribution in [0.2, 0.25) is 0 Å².